The molecule has 0 saturated carbocycles. The van der Waals surface area contributed by atoms with Crippen LogP contribution in [-0.2, 0) is 10.1 Å². The molecule has 0 fully saturated rings. The van der Waals surface area contributed by atoms with Crippen LogP contribution in [0, 0.1) is 0 Å². The van der Waals surface area contributed by atoms with Gasteiger partial charge < -0.3 is 0 Å². The number of hydrogen-bond donors (Lipinski definition) is 1. The molecule has 0 aromatic carbocycles. The van der Waals surface area contributed by atoms with E-state index in [9.17, 15) is 47.9 Å². The molecule has 0 aliphatic carbocycles. The van der Waals surface area contributed by atoms with Crippen LogP contribution in [0.15, 0.2) is 0 Å². The van der Waals surface area contributed by atoms with Crippen LogP contribution in [0.1, 0.15) is 0 Å². The van der Waals surface area contributed by atoms with E-state index >= 15 is 0 Å². The summed E-state index contributed by atoms with van der Waals surface area (Å²) in [6, 6.07) is 0. The Labute approximate surface area is 152 Å². The van der Waals surface area contributed by atoms with Crippen molar-refractivity contribution in [2.24, 2.45) is 0 Å². The first kappa shape index (κ1) is 21.6. The molecular weight excluding hydrogens is 432 g/mol. The molecule has 14 heteroatoms. The van der Waals surface area contributed by atoms with E-state index in [0.717, 1.165) is 0 Å². The van der Waals surface area contributed by atoms with E-state index in [1.165, 1.54) is 0 Å². The van der Waals surface area contributed by atoms with Gasteiger partial charge in [-0.25, -0.2) is 0 Å². The fourth-order valence-corrected chi connectivity index (χ4v) is 0.975. The molecule has 0 spiro atoms. The van der Waals surface area contributed by atoms with E-state index in [4.69, 9.17) is 4.55 Å². The monoisotopic (exact) mass is 434 g/mol. The Morgan fingerprint density at radius 3 is 1.17 bits per heavy atom. The minimum absolute atomic E-state index is 0. The summed E-state index contributed by atoms with van der Waals surface area (Å²) in [7, 11) is -7.17. The van der Waals surface area contributed by atoms with Gasteiger partial charge in [-0.2, -0.15) is 47.9 Å². The Bertz CT molecular complexity index is 399. The minimum atomic E-state index is -7.37. The van der Waals surface area contributed by atoms with Gasteiger partial charge in [0.1, 0.15) is 0 Å². The van der Waals surface area contributed by atoms with E-state index in [0.29, 0.717) is 0 Å². The Morgan fingerprint density at radius 2 is 1.00 bits per heavy atom. The molecule has 18 heavy (non-hydrogen) atoms. The van der Waals surface area contributed by atoms with Crippen LogP contribution < -0.4 is 0 Å². The molecule has 0 aliphatic rings. The van der Waals surface area contributed by atoms with Gasteiger partial charge >= 0.3 is 102 Å². The molecule has 0 atom stereocenters. The van der Waals surface area contributed by atoms with Crippen LogP contribution in [0.25, 0.3) is 0 Å². The number of rotatable bonds is 3. The van der Waals surface area contributed by atoms with Crippen molar-refractivity contribution in [1.29, 1.82) is 0 Å². The SMILES string of the molecule is O=S(=O)(O)C(F)(F)C(F)(F)C(F)(F)C(F)(F)F.[CsH]. The van der Waals surface area contributed by atoms with Crippen LogP contribution in [0.3, 0.4) is 0 Å². The second-order valence-electron chi connectivity index (χ2n) is 2.64. The van der Waals surface area contributed by atoms with Crippen molar-refractivity contribution in [1.82, 2.24) is 0 Å². The van der Waals surface area contributed by atoms with Gasteiger partial charge in [-0.1, -0.05) is 0 Å². The van der Waals surface area contributed by atoms with Crippen molar-refractivity contribution in [3.8, 4) is 0 Å². The Hall–Kier alpha value is 1.33. The summed E-state index contributed by atoms with van der Waals surface area (Å²) >= 11 is 0. The molecule has 0 aromatic heterocycles. The molecule has 0 amide bonds. The molecular formula is C4H2CsF9O3S. The number of halogens is 9. The van der Waals surface area contributed by atoms with Gasteiger partial charge in [-0.3, -0.25) is 4.55 Å². The van der Waals surface area contributed by atoms with E-state index in [1.54, 1.807) is 0 Å². The molecule has 0 unspecified atom stereocenters. The number of hydrogen-bond acceptors (Lipinski definition) is 2. The van der Waals surface area contributed by atoms with E-state index in [-0.39, 0.29) is 68.9 Å². The standard InChI is InChI=1S/C4HF9O3S.Cs.H/c5-1(6,3(9,10)11)2(7,8)4(12,13)17(14,15)16;;/h(H,14,15,16);;. The van der Waals surface area contributed by atoms with E-state index in [2.05, 4.69) is 0 Å². The molecule has 1 N–H and O–H groups in total. The van der Waals surface area contributed by atoms with E-state index in [1.807, 2.05) is 0 Å². The predicted octanol–water partition coefficient (Wildman–Crippen LogP) is 1.65. The van der Waals surface area contributed by atoms with Crippen LogP contribution in [0.4, 0.5) is 39.5 Å². The van der Waals surface area contributed by atoms with Gasteiger partial charge in [0.05, 0.1) is 0 Å². The van der Waals surface area contributed by atoms with Gasteiger partial charge in [-0.05, 0) is 0 Å². The van der Waals surface area contributed by atoms with Gasteiger partial charge in [-0.15, -0.1) is 0 Å². The first-order valence-electron chi connectivity index (χ1n) is 3.17. The second kappa shape index (κ2) is 5.61. The summed E-state index contributed by atoms with van der Waals surface area (Å²) in [5.74, 6) is -14.7. The molecule has 0 aliphatic heterocycles. The molecule has 3 nitrogen and oxygen atoms in total. The molecule has 0 saturated heterocycles. The molecule has 0 rings (SSSR count). The fraction of sp³-hybridized carbons (Fsp3) is 1.00. The Kier molecular flexibility index (Phi) is 6.74. The summed E-state index contributed by atoms with van der Waals surface area (Å²) in [5, 5.41) is -7.00. The van der Waals surface area contributed by atoms with Crippen LogP contribution in [0.5, 0.6) is 0 Å². The summed E-state index contributed by atoms with van der Waals surface area (Å²) in [5.41, 5.74) is 0. The van der Waals surface area contributed by atoms with Gasteiger partial charge in [0, 0.05) is 0 Å². The average molecular weight is 434 g/mol. The zero-order valence-electron chi connectivity index (χ0n) is 7.07. The maximum atomic E-state index is 12.2. The van der Waals surface area contributed by atoms with E-state index < -0.39 is 33.4 Å². The van der Waals surface area contributed by atoms with Gasteiger partial charge in [0.2, 0.25) is 0 Å². The summed E-state index contributed by atoms with van der Waals surface area (Å²) in [6.07, 6.45) is -7.13. The van der Waals surface area contributed by atoms with Crippen molar-refractivity contribution in [2.75, 3.05) is 0 Å². The third kappa shape index (κ3) is 3.32. The average Bonchev–Trinajstić information content (AvgIpc) is 1.98. The molecule has 0 heterocycles. The van der Waals surface area contributed by atoms with Gasteiger partial charge in [0.25, 0.3) is 0 Å². The van der Waals surface area contributed by atoms with Crippen molar-refractivity contribution in [2.45, 2.75) is 23.3 Å². The second-order valence-corrected chi connectivity index (χ2v) is 4.10. The Morgan fingerprint density at radius 1 is 0.722 bits per heavy atom. The zero-order chi connectivity index (χ0) is 14.5. The first-order valence-corrected chi connectivity index (χ1v) is 4.61. The quantitative estimate of drug-likeness (QED) is 0.544. The maximum absolute atomic E-state index is 12.2. The zero-order valence-corrected chi connectivity index (χ0v) is 7.89. The van der Waals surface area contributed by atoms with Crippen molar-refractivity contribution in [3.63, 3.8) is 0 Å². The third-order valence-corrected chi connectivity index (χ3v) is 2.34. The molecule has 106 valence electrons. The van der Waals surface area contributed by atoms with Gasteiger partial charge in [0.15, 0.2) is 0 Å². The van der Waals surface area contributed by atoms with Crippen LogP contribution >= 0.6 is 0 Å². The predicted molar refractivity (Wildman–Crippen MR) is 39.6 cm³/mol. The summed E-state index contributed by atoms with van der Waals surface area (Å²) < 4.78 is 134. The fourth-order valence-electron chi connectivity index (χ4n) is 0.523. The topological polar surface area (TPSA) is 54.4 Å². The molecule has 0 radical (unpaired) electrons. The van der Waals surface area contributed by atoms with Crippen molar-refractivity contribution < 1.29 is 52.5 Å². The number of alkyl halides is 9. The normalized spacial score (nSPS) is 15.2. The van der Waals surface area contributed by atoms with Crippen LogP contribution in [-0.4, -0.2) is 105 Å². The summed E-state index contributed by atoms with van der Waals surface area (Å²) in [4.78, 5) is 0. The molecule has 0 aromatic rings. The Balaban J connectivity index is 0. The first-order chi connectivity index (χ1) is 7.00. The summed E-state index contributed by atoms with van der Waals surface area (Å²) in [6.45, 7) is 0. The van der Waals surface area contributed by atoms with Crippen molar-refractivity contribution in [3.05, 3.63) is 0 Å². The van der Waals surface area contributed by atoms with Crippen molar-refractivity contribution >= 4 is 79.0 Å². The van der Waals surface area contributed by atoms with Crippen LogP contribution in [0.2, 0.25) is 0 Å². The molecule has 0 bridgehead atoms. The third-order valence-electron chi connectivity index (χ3n) is 1.44.